The summed E-state index contributed by atoms with van der Waals surface area (Å²) >= 11 is 0. The Hall–Kier alpha value is -3.63. The Bertz CT molecular complexity index is 924. The summed E-state index contributed by atoms with van der Waals surface area (Å²) in [6.07, 6.45) is 3.39. The second kappa shape index (κ2) is 22.1. The van der Waals surface area contributed by atoms with Gasteiger partial charge in [-0.3, -0.25) is 9.59 Å². The Morgan fingerprint density at radius 1 is 0.659 bits per heavy atom. The molecule has 11 heteroatoms. The lowest BCUT2D eigenvalue weighted by molar-refractivity contribution is -0.150. The van der Waals surface area contributed by atoms with Crippen molar-refractivity contribution < 1.29 is 42.9 Å². The first-order valence-electron chi connectivity index (χ1n) is 14.6. The largest absolute Gasteiger partial charge is 0.466 e. The SMILES string of the molecule is CCCCOC(=O)CC[C@H](NC(=O)CC[C@H](NC(=O)OCc1ccccc1)C(=O)OCCCC)C(=O)OCCCC. The van der Waals surface area contributed by atoms with Crippen LogP contribution < -0.4 is 10.6 Å². The third-order valence-electron chi connectivity index (χ3n) is 5.95. The van der Waals surface area contributed by atoms with Crippen LogP contribution in [-0.2, 0) is 44.7 Å². The van der Waals surface area contributed by atoms with Crippen molar-refractivity contribution in [1.82, 2.24) is 10.6 Å². The predicted octanol–water partition coefficient (Wildman–Crippen LogP) is 4.36. The number of ether oxygens (including phenoxy) is 4. The number of esters is 3. The standard InChI is InChI=1S/C30H46N2O9/c1-4-7-19-38-27(34)18-16-24(28(35)39-20-8-5-2)31-26(33)17-15-25(29(36)40-21-9-6-3)32-30(37)41-22-23-13-11-10-12-14-23/h10-14,24-25H,4-9,15-22H2,1-3H3,(H,31,33)(H,32,37)/t24-,25-/m0/s1. The van der Waals surface area contributed by atoms with E-state index < -0.39 is 42.0 Å². The molecule has 0 aliphatic carbocycles. The third kappa shape index (κ3) is 16.9. The number of carbonyl (C=O) groups is 5. The van der Waals surface area contributed by atoms with Gasteiger partial charge in [0.2, 0.25) is 5.91 Å². The highest BCUT2D eigenvalue weighted by molar-refractivity contribution is 5.86. The zero-order chi connectivity index (χ0) is 30.3. The molecule has 230 valence electrons. The van der Waals surface area contributed by atoms with E-state index in [4.69, 9.17) is 18.9 Å². The lowest BCUT2D eigenvalue weighted by Gasteiger charge is -2.20. The number of amides is 2. The van der Waals surface area contributed by atoms with Crippen molar-refractivity contribution in [2.24, 2.45) is 0 Å². The maximum atomic E-state index is 12.8. The van der Waals surface area contributed by atoms with E-state index >= 15 is 0 Å². The molecule has 2 atom stereocenters. The topological polar surface area (TPSA) is 146 Å². The number of rotatable bonds is 21. The van der Waals surface area contributed by atoms with E-state index in [0.717, 1.165) is 31.2 Å². The van der Waals surface area contributed by atoms with Crippen LogP contribution in [0.25, 0.3) is 0 Å². The van der Waals surface area contributed by atoms with Gasteiger partial charge in [-0.2, -0.15) is 0 Å². The molecule has 2 N–H and O–H groups in total. The van der Waals surface area contributed by atoms with Crippen LogP contribution >= 0.6 is 0 Å². The summed E-state index contributed by atoms with van der Waals surface area (Å²) in [5.74, 6) is -2.35. The van der Waals surface area contributed by atoms with Crippen molar-refractivity contribution in [2.45, 2.75) is 104 Å². The first-order valence-corrected chi connectivity index (χ1v) is 14.6. The van der Waals surface area contributed by atoms with Crippen molar-refractivity contribution in [1.29, 1.82) is 0 Å². The van der Waals surface area contributed by atoms with Gasteiger partial charge in [-0.05, 0) is 37.7 Å². The quantitative estimate of drug-likeness (QED) is 0.123. The molecule has 0 aliphatic rings. The zero-order valence-corrected chi connectivity index (χ0v) is 24.6. The molecule has 0 heterocycles. The fourth-order valence-electron chi connectivity index (χ4n) is 3.45. The monoisotopic (exact) mass is 578 g/mol. The van der Waals surface area contributed by atoms with E-state index in [-0.39, 0.29) is 45.5 Å². The van der Waals surface area contributed by atoms with Gasteiger partial charge in [0.25, 0.3) is 0 Å². The number of nitrogens with one attached hydrogen (secondary N) is 2. The third-order valence-corrected chi connectivity index (χ3v) is 5.95. The van der Waals surface area contributed by atoms with Gasteiger partial charge in [0, 0.05) is 12.8 Å². The predicted molar refractivity (Wildman–Crippen MR) is 152 cm³/mol. The molecule has 0 bridgehead atoms. The Kier molecular flexibility index (Phi) is 19.1. The number of alkyl carbamates (subject to hydrolysis) is 1. The second-order valence-electron chi connectivity index (χ2n) is 9.57. The van der Waals surface area contributed by atoms with Crippen LogP contribution in [0, 0.1) is 0 Å². The molecule has 0 unspecified atom stereocenters. The summed E-state index contributed by atoms with van der Waals surface area (Å²) < 4.78 is 20.9. The molecule has 0 radical (unpaired) electrons. The van der Waals surface area contributed by atoms with Crippen molar-refractivity contribution in [3.63, 3.8) is 0 Å². The first-order chi connectivity index (χ1) is 19.8. The van der Waals surface area contributed by atoms with Crippen LogP contribution in [0.3, 0.4) is 0 Å². The normalized spacial score (nSPS) is 12.0. The molecule has 1 rings (SSSR count). The van der Waals surface area contributed by atoms with Crippen LogP contribution in [-0.4, -0.2) is 61.8 Å². The lowest BCUT2D eigenvalue weighted by atomic mass is 10.1. The average Bonchev–Trinajstić information content (AvgIpc) is 2.97. The molecule has 0 aromatic heterocycles. The maximum absolute atomic E-state index is 12.8. The highest BCUT2D eigenvalue weighted by Crippen LogP contribution is 2.08. The summed E-state index contributed by atoms with van der Waals surface area (Å²) in [6.45, 7) is 6.56. The van der Waals surface area contributed by atoms with E-state index in [1.54, 1.807) is 12.1 Å². The summed E-state index contributed by atoms with van der Waals surface area (Å²) in [7, 11) is 0. The number of hydrogen-bond donors (Lipinski definition) is 2. The minimum absolute atomic E-state index is 0.00740. The summed E-state index contributed by atoms with van der Waals surface area (Å²) in [5.41, 5.74) is 0.773. The van der Waals surface area contributed by atoms with Gasteiger partial charge in [0.15, 0.2) is 0 Å². The Morgan fingerprint density at radius 2 is 1.17 bits per heavy atom. The van der Waals surface area contributed by atoms with Crippen molar-refractivity contribution in [3.8, 4) is 0 Å². The molecule has 41 heavy (non-hydrogen) atoms. The van der Waals surface area contributed by atoms with Crippen LogP contribution in [0.2, 0.25) is 0 Å². The van der Waals surface area contributed by atoms with E-state index in [2.05, 4.69) is 10.6 Å². The van der Waals surface area contributed by atoms with Gasteiger partial charge in [0.1, 0.15) is 18.7 Å². The van der Waals surface area contributed by atoms with Gasteiger partial charge in [-0.1, -0.05) is 70.4 Å². The molecule has 0 aliphatic heterocycles. The number of benzene rings is 1. The van der Waals surface area contributed by atoms with E-state index in [1.165, 1.54) is 0 Å². The average molecular weight is 579 g/mol. The highest BCUT2D eigenvalue weighted by atomic mass is 16.6. The molecule has 1 aromatic carbocycles. The smallest absolute Gasteiger partial charge is 0.408 e. The molecule has 2 amide bonds. The fraction of sp³-hybridized carbons (Fsp3) is 0.633. The fourth-order valence-corrected chi connectivity index (χ4v) is 3.45. The van der Waals surface area contributed by atoms with Crippen LogP contribution in [0.1, 0.15) is 90.5 Å². The summed E-state index contributed by atoms with van der Waals surface area (Å²) in [5, 5.41) is 5.07. The molecule has 0 fully saturated rings. The van der Waals surface area contributed by atoms with Gasteiger partial charge >= 0.3 is 24.0 Å². The van der Waals surface area contributed by atoms with Gasteiger partial charge < -0.3 is 29.6 Å². The minimum Gasteiger partial charge on any atom is -0.466 e. The number of carbonyl (C=O) groups excluding carboxylic acids is 5. The number of hydrogen-bond acceptors (Lipinski definition) is 9. The van der Waals surface area contributed by atoms with Gasteiger partial charge in [0.05, 0.1) is 19.8 Å². The first kappa shape index (κ1) is 35.4. The molecule has 0 spiro atoms. The van der Waals surface area contributed by atoms with Crippen molar-refractivity contribution in [2.75, 3.05) is 19.8 Å². The Balaban J connectivity index is 2.75. The van der Waals surface area contributed by atoms with Crippen molar-refractivity contribution in [3.05, 3.63) is 35.9 Å². The van der Waals surface area contributed by atoms with Crippen LogP contribution in [0.4, 0.5) is 4.79 Å². The summed E-state index contributed by atoms with van der Waals surface area (Å²) in [6, 6.07) is 6.86. The zero-order valence-electron chi connectivity index (χ0n) is 24.6. The Morgan fingerprint density at radius 3 is 1.73 bits per heavy atom. The van der Waals surface area contributed by atoms with Gasteiger partial charge in [-0.25, -0.2) is 14.4 Å². The van der Waals surface area contributed by atoms with E-state index in [1.807, 2.05) is 39.0 Å². The molecule has 11 nitrogen and oxygen atoms in total. The molecule has 1 aromatic rings. The molecular weight excluding hydrogens is 532 g/mol. The van der Waals surface area contributed by atoms with E-state index in [9.17, 15) is 24.0 Å². The second-order valence-corrected chi connectivity index (χ2v) is 9.57. The maximum Gasteiger partial charge on any atom is 0.408 e. The lowest BCUT2D eigenvalue weighted by Crippen LogP contribution is -2.45. The van der Waals surface area contributed by atoms with Gasteiger partial charge in [-0.15, -0.1) is 0 Å². The van der Waals surface area contributed by atoms with Crippen LogP contribution in [0.15, 0.2) is 30.3 Å². The van der Waals surface area contributed by atoms with E-state index in [0.29, 0.717) is 19.4 Å². The minimum atomic E-state index is -1.13. The Labute approximate surface area is 243 Å². The summed E-state index contributed by atoms with van der Waals surface area (Å²) in [4.78, 5) is 62.5. The molecule has 0 saturated carbocycles. The molecule has 0 saturated heterocycles. The van der Waals surface area contributed by atoms with Crippen LogP contribution in [0.5, 0.6) is 0 Å². The number of unbranched alkanes of at least 4 members (excludes halogenated alkanes) is 3. The van der Waals surface area contributed by atoms with Crippen molar-refractivity contribution >= 4 is 29.9 Å². The highest BCUT2D eigenvalue weighted by Gasteiger charge is 2.27. The molecular formula is C30H46N2O9.